The molecule has 1 unspecified atom stereocenters. The Morgan fingerprint density at radius 3 is 2.29 bits per heavy atom. The molecule has 0 spiro atoms. The molecule has 1 rings (SSSR count). The molecule has 6 heteroatoms. The van der Waals surface area contributed by atoms with E-state index in [1.807, 2.05) is 13.8 Å². The number of rotatable bonds is 7. The molecule has 120 valence electrons. The molecule has 1 aliphatic rings. The Morgan fingerprint density at radius 2 is 1.81 bits per heavy atom. The number of nitrogens with one attached hydrogen (secondary N) is 2. The van der Waals surface area contributed by atoms with Gasteiger partial charge in [-0.2, -0.15) is 0 Å². The average molecular weight is 297 g/mol. The molecule has 0 aromatic heterocycles. The fourth-order valence-electron chi connectivity index (χ4n) is 2.86. The van der Waals surface area contributed by atoms with E-state index in [9.17, 15) is 14.4 Å². The van der Waals surface area contributed by atoms with Crippen molar-refractivity contribution in [1.29, 1.82) is 0 Å². The van der Waals surface area contributed by atoms with Crippen LogP contribution in [-0.4, -0.2) is 48.3 Å². The lowest BCUT2D eigenvalue weighted by Crippen LogP contribution is -2.53. The molecule has 1 atom stereocenters. The van der Waals surface area contributed by atoms with Crippen molar-refractivity contribution >= 4 is 17.7 Å². The summed E-state index contributed by atoms with van der Waals surface area (Å²) in [5.74, 6) is -0.328. The summed E-state index contributed by atoms with van der Waals surface area (Å²) >= 11 is 0. The van der Waals surface area contributed by atoms with Crippen LogP contribution in [0.25, 0.3) is 0 Å². The van der Waals surface area contributed by atoms with Crippen LogP contribution in [0, 0.1) is 5.92 Å². The molecule has 1 aliphatic carbocycles. The molecular weight excluding hydrogens is 270 g/mol. The topological polar surface area (TPSA) is 78.5 Å². The molecule has 0 radical (unpaired) electrons. The predicted octanol–water partition coefficient (Wildman–Crippen LogP) is 0.666. The van der Waals surface area contributed by atoms with E-state index in [4.69, 9.17) is 0 Å². The molecule has 6 nitrogen and oxygen atoms in total. The second-order valence-electron chi connectivity index (χ2n) is 5.53. The highest BCUT2D eigenvalue weighted by molar-refractivity contribution is 5.90. The molecule has 0 aliphatic heterocycles. The first kappa shape index (κ1) is 17.5. The van der Waals surface area contributed by atoms with Crippen molar-refractivity contribution in [2.45, 2.75) is 52.5 Å². The fourth-order valence-corrected chi connectivity index (χ4v) is 2.86. The van der Waals surface area contributed by atoms with Crippen molar-refractivity contribution in [1.82, 2.24) is 15.5 Å². The van der Waals surface area contributed by atoms with Crippen molar-refractivity contribution in [2.75, 3.05) is 19.6 Å². The molecule has 0 saturated heterocycles. The van der Waals surface area contributed by atoms with E-state index >= 15 is 0 Å². The second kappa shape index (κ2) is 8.64. The standard InChI is InChI=1S/C15H27N3O3/c1-4-16-13(20)10-18(5-2)15(21)14(17-11(3)19)12-8-6-7-9-12/h12,14H,4-10H2,1-3H3,(H,16,20)(H,17,19). The smallest absolute Gasteiger partial charge is 0.245 e. The van der Waals surface area contributed by atoms with Crippen molar-refractivity contribution in [3.05, 3.63) is 0 Å². The minimum atomic E-state index is -0.501. The van der Waals surface area contributed by atoms with Crippen LogP contribution < -0.4 is 10.6 Å². The SMILES string of the molecule is CCNC(=O)CN(CC)C(=O)C(NC(C)=O)C1CCCC1. The zero-order chi connectivity index (χ0) is 15.8. The van der Waals surface area contributed by atoms with Gasteiger partial charge < -0.3 is 15.5 Å². The number of hydrogen-bond acceptors (Lipinski definition) is 3. The van der Waals surface area contributed by atoms with E-state index in [0.29, 0.717) is 13.1 Å². The van der Waals surface area contributed by atoms with Crippen LogP contribution in [0.5, 0.6) is 0 Å². The second-order valence-corrected chi connectivity index (χ2v) is 5.53. The van der Waals surface area contributed by atoms with Gasteiger partial charge in [0.25, 0.3) is 0 Å². The number of carbonyl (C=O) groups excluding carboxylic acids is 3. The number of amides is 3. The summed E-state index contributed by atoms with van der Waals surface area (Å²) in [6, 6.07) is -0.501. The lowest BCUT2D eigenvalue weighted by molar-refractivity contribution is -0.140. The molecule has 21 heavy (non-hydrogen) atoms. The largest absolute Gasteiger partial charge is 0.355 e. The molecule has 1 saturated carbocycles. The van der Waals surface area contributed by atoms with E-state index < -0.39 is 6.04 Å². The predicted molar refractivity (Wildman–Crippen MR) is 80.5 cm³/mol. The van der Waals surface area contributed by atoms with Gasteiger partial charge in [0.15, 0.2) is 0 Å². The van der Waals surface area contributed by atoms with Gasteiger partial charge in [-0.05, 0) is 32.6 Å². The van der Waals surface area contributed by atoms with Crippen LogP contribution in [-0.2, 0) is 14.4 Å². The minimum absolute atomic E-state index is 0.0476. The number of carbonyl (C=O) groups is 3. The third-order valence-corrected chi connectivity index (χ3v) is 3.90. The van der Waals surface area contributed by atoms with Crippen molar-refractivity contribution < 1.29 is 14.4 Å². The molecule has 0 aromatic carbocycles. The van der Waals surface area contributed by atoms with E-state index in [2.05, 4.69) is 10.6 Å². The number of nitrogens with zero attached hydrogens (tertiary/aromatic N) is 1. The van der Waals surface area contributed by atoms with E-state index in [1.54, 1.807) is 0 Å². The normalized spacial score (nSPS) is 16.3. The summed E-state index contributed by atoms with van der Waals surface area (Å²) in [6.07, 6.45) is 4.09. The highest BCUT2D eigenvalue weighted by Crippen LogP contribution is 2.28. The average Bonchev–Trinajstić information content (AvgIpc) is 2.95. The maximum atomic E-state index is 12.7. The summed E-state index contributed by atoms with van der Waals surface area (Å²) in [6.45, 7) is 6.16. The Balaban J connectivity index is 2.75. The Hall–Kier alpha value is -1.59. The van der Waals surface area contributed by atoms with Crippen LogP contribution >= 0.6 is 0 Å². The molecule has 0 heterocycles. The van der Waals surface area contributed by atoms with E-state index in [-0.39, 0.29) is 30.2 Å². The lowest BCUT2D eigenvalue weighted by Gasteiger charge is -2.29. The van der Waals surface area contributed by atoms with Crippen molar-refractivity contribution in [3.8, 4) is 0 Å². The highest BCUT2D eigenvalue weighted by Gasteiger charge is 2.34. The third kappa shape index (κ3) is 5.36. The Kier molecular flexibility index (Phi) is 7.19. The number of likely N-dealkylation sites (N-methyl/N-ethyl adjacent to an activating group) is 2. The van der Waals surface area contributed by atoms with Crippen LogP contribution in [0.3, 0.4) is 0 Å². The summed E-state index contributed by atoms with van der Waals surface area (Å²) in [4.78, 5) is 37.3. The number of hydrogen-bond donors (Lipinski definition) is 2. The van der Waals surface area contributed by atoms with Crippen LogP contribution in [0.1, 0.15) is 46.5 Å². The van der Waals surface area contributed by atoms with Gasteiger partial charge in [-0.25, -0.2) is 0 Å². The van der Waals surface area contributed by atoms with E-state index in [1.165, 1.54) is 11.8 Å². The Labute approximate surface area is 126 Å². The van der Waals surface area contributed by atoms with Gasteiger partial charge in [0, 0.05) is 20.0 Å². The van der Waals surface area contributed by atoms with Gasteiger partial charge in [-0.3, -0.25) is 14.4 Å². The summed E-state index contributed by atoms with van der Waals surface area (Å²) in [5.41, 5.74) is 0. The molecule has 2 N–H and O–H groups in total. The quantitative estimate of drug-likeness (QED) is 0.725. The first-order valence-corrected chi connectivity index (χ1v) is 7.82. The van der Waals surface area contributed by atoms with Gasteiger partial charge >= 0.3 is 0 Å². The van der Waals surface area contributed by atoms with Crippen LogP contribution in [0.2, 0.25) is 0 Å². The lowest BCUT2D eigenvalue weighted by atomic mass is 9.96. The Morgan fingerprint density at radius 1 is 1.19 bits per heavy atom. The molecular formula is C15H27N3O3. The Bertz CT molecular complexity index is 378. The summed E-state index contributed by atoms with van der Waals surface area (Å²) in [7, 11) is 0. The zero-order valence-corrected chi connectivity index (χ0v) is 13.3. The first-order chi connectivity index (χ1) is 9.99. The molecule has 1 fully saturated rings. The third-order valence-electron chi connectivity index (χ3n) is 3.90. The fraction of sp³-hybridized carbons (Fsp3) is 0.800. The van der Waals surface area contributed by atoms with Gasteiger partial charge in [0.2, 0.25) is 17.7 Å². The molecule has 0 bridgehead atoms. The summed E-state index contributed by atoms with van der Waals surface area (Å²) in [5, 5.41) is 5.47. The van der Waals surface area contributed by atoms with Crippen LogP contribution in [0.15, 0.2) is 0 Å². The van der Waals surface area contributed by atoms with Crippen LogP contribution in [0.4, 0.5) is 0 Å². The molecule has 3 amide bonds. The van der Waals surface area contributed by atoms with Crippen molar-refractivity contribution in [3.63, 3.8) is 0 Å². The van der Waals surface area contributed by atoms with Gasteiger partial charge in [0.1, 0.15) is 6.04 Å². The maximum absolute atomic E-state index is 12.7. The zero-order valence-electron chi connectivity index (χ0n) is 13.3. The van der Waals surface area contributed by atoms with Gasteiger partial charge in [-0.15, -0.1) is 0 Å². The maximum Gasteiger partial charge on any atom is 0.245 e. The highest BCUT2D eigenvalue weighted by atomic mass is 16.2. The van der Waals surface area contributed by atoms with Gasteiger partial charge in [0.05, 0.1) is 6.54 Å². The summed E-state index contributed by atoms with van der Waals surface area (Å²) < 4.78 is 0. The minimum Gasteiger partial charge on any atom is -0.355 e. The van der Waals surface area contributed by atoms with E-state index in [0.717, 1.165) is 25.7 Å². The monoisotopic (exact) mass is 297 g/mol. The van der Waals surface area contributed by atoms with Gasteiger partial charge in [-0.1, -0.05) is 12.8 Å². The first-order valence-electron chi connectivity index (χ1n) is 7.82. The molecule has 0 aromatic rings. The van der Waals surface area contributed by atoms with Crippen molar-refractivity contribution in [2.24, 2.45) is 5.92 Å².